The maximum Gasteiger partial charge on any atom is 0.139 e. The molecule has 2 aromatic carbocycles. The van der Waals surface area contributed by atoms with Gasteiger partial charge in [0.2, 0.25) is 0 Å². The van der Waals surface area contributed by atoms with Crippen LogP contribution in [0.5, 0.6) is 0 Å². The predicted molar refractivity (Wildman–Crippen MR) is 88.2 cm³/mol. The van der Waals surface area contributed by atoms with Gasteiger partial charge in [0, 0.05) is 24.0 Å². The highest BCUT2D eigenvalue weighted by Gasteiger charge is 2.24. The van der Waals surface area contributed by atoms with Crippen molar-refractivity contribution in [3.8, 4) is 0 Å². The summed E-state index contributed by atoms with van der Waals surface area (Å²) < 4.78 is 41.6. The number of hydrogen-bond acceptors (Lipinski definition) is 2. The first kappa shape index (κ1) is 15.9. The average Bonchev–Trinajstić information content (AvgIpc) is 2.96. The molecule has 2 nitrogen and oxygen atoms in total. The first-order valence-electron chi connectivity index (χ1n) is 7.13. The van der Waals surface area contributed by atoms with Crippen molar-refractivity contribution in [2.45, 2.75) is 6.92 Å². The molecule has 0 bridgehead atoms. The standard InChI is InChI=1S/C17H14BrF3N2/c1-2-22-10-23(12-4-5-14(18)16(21)8-12)9-17(22)13-7-11(19)3-6-15(13)20/h3-9H,2,10H2,1H3. The fourth-order valence-corrected chi connectivity index (χ4v) is 2.80. The molecule has 0 atom stereocenters. The smallest absolute Gasteiger partial charge is 0.139 e. The molecule has 0 saturated heterocycles. The van der Waals surface area contributed by atoms with Crippen molar-refractivity contribution < 1.29 is 13.2 Å². The second-order valence-corrected chi connectivity index (χ2v) is 6.06. The molecule has 0 radical (unpaired) electrons. The quantitative estimate of drug-likeness (QED) is 0.739. The van der Waals surface area contributed by atoms with Crippen LogP contribution in [-0.4, -0.2) is 18.1 Å². The monoisotopic (exact) mass is 382 g/mol. The van der Waals surface area contributed by atoms with Crippen molar-refractivity contribution in [1.29, 1.82) is 0 Å². The molecule has 23 heavy (non-hydrogen) atoms. The van der Waals surface area contributed by atoms with Gasteiger partial charge in [-0.05, 0) is 59.3 Å². The van der Waals surface area contributed by atoms with Crippen molar-refractivity contribution in [1.82, 2.24) is 4.90 Å². The van der Waals surface area contributed by atoms with Gasteiger partial charge in [-0.2, -0.15) is 0 Å². The fraction of sp³-hybridized carbons (Fsp3) is 0.176. The number of anilines is 1. The molecule has 6 heteroatoms. The lowest BCUT2D eigenvalue weighted by Gasteiger charge is -2.22. The van der Waals surface area contributed by atoms with Crippen LogP contribution in [-0.2, 0) is 0 Å². The highest BCUT2D eigenvalue weighted by Crippen LogP contribution is 2.32. The van der Waals surface area contributed by atoms with Gasteiger partial charge in [-0.3, -0.25) is 0 Å². The molecular weight excluding hydrogens is 369 g/mol. The Bertz CT molecular complexity index is 776. The van der Waals surface area contributed by atoms with Gasteiger partial charge in [0.05, 0.1) is 16.8 Å². The van der Waals surface area contributed by atoms with E-state index in [4.69, 9.17) is 0 Å². The summed E-state index contributed by atoms with van der Waals surface area (Å²) in [5, 5.41) is 0. The summed E-state index contributed by atoms with van der Waals surface area (Å²) >= 11 is 3.12. The van der Waals surface area contributed by atoms with Crippen molar-refractivity contribution in [3.05, 3.63) is 70.1 Å². The molecule has 0 N–H and O–H groups in total. The van der Waals surface area contributed by atoms with E-state index in [1.54, 1.807) is 23.2 Å². The van der Waals surface area contributed by atoms with E-state index in [2.05, 4.69) is 15.9 Å². The highest BCUT2D eigenvalue weighted by molar-refractivity contribution is 9.10. The first-order chi connectivity index (χ1) is 11.0. The molecule has 1 aliphatic heterocycles. The third-order valence-electron chi connectivity index (χ3n) is 3.76. The van der Waals surface area contributed by atoms with E-state index in [1.165, 1.54) is 12.1 Å². The summed E-state index contributed by atoms with van der Waals surface area (Å²) in [6, 6.07) is 8.17. The number of hydrogen-bond donors (Lipinski definition) is 0. The van der Waals surface area contributed by atoms with Crippen LogP contribution in [0.3, 0.4) is 0 Å². The van der Waals surface area contributed by atoms with E-state index in [-0.39, 0.29) is 11.4 Å². The van der Waals surface area contributed by atoms with Gasteiger partial charge in [-0.1, -0.05) is 0 Å². The van der Waals surface area contributed by atoms with Crippen LogP contribution in [0.25, 0.3) is 5.70 Å². The van der Waals surface area contributed by atoms with E-state index in [0.29, 0.717) is 29.1 Å². The molecular formula is C17H14BrF3N2. The average molecular weight is 383 g/mol. The molecule has 1 aliphatic rings. The molecule has 0 amide bonds. The van der Waals surface area contributed by atoms with Crippen molar-refractivity contribution >= 4 is 27.3 Å². The van der Waals surface area contributed by atoms with Gasteiger partial charge in [0.1, 0.15) is 17.5 Å². The number of benzene rings is 2. The van der Waals surface area contributed by atoms with Crippen LogP contribution in [0.4, 0.5) is 18.9 Å². The zero-order valence-electron chi connectivity index (χ0n) is 12.4. The molecule has 0 unspecified atom stereocenters. The lowest BCUT2D eigenvalue weighted by molar-refractivity contribution is 0.445. The van der Waals surface area contributed by atoms with Gasteiger partial charge in [-0.25, -0.2) is 13.2 Å². The Balaban J connectivity index is 2.01. The van der Waals surface area contributed by atoms with E-state index in [0.717, 1.165) is 12.1 Å². The lowest BCUT2D eigenvalue weighted by atomic mass is 10.1. The summed E-state index contributed by atoms with van der Waals surface area (Å²) in [5.41, 5.74) is 1.43. The van der Waals surface area contributed by atoms with Gasteiger partial charge in [0.15, 0.2) is 0 Å². The minimum atomic E-state index is -0.494. The van der Waals surface area contributed by atoms with Gasteiger partial charge in [0.25, 0.3) is 0 Å². The van der Waals surface area contributed by atoms with Crippen LogP contribution >= 0.6 is 15.9 Å². The number of rotatable bonds is 3. The fourth-order valence-electron chi connectivity index (χ4n) is 2.55. The lowest BCUT2D eigenvalue weighted by Crippen LogP contribution is -2.26. The van der Waals surface area contributed by atoms with Crippen LogP contribution < -0.4 is 4.90 Å². The van der Waals surface area contributed by atoms with Gasteiger partial charge in [-0.15, -0.1) is 0 Å². The Morgan fingerprint density at radius 3 is 2.52 bits per heavy atom. The van der Waals surface area contributed by atoms with E-state index in [9.17, 15) is 13.2 Å². The number of halogens is 4. The Morgan fingerprint density at radius 1 is 1.04 bits per heavy atom. The second-order valence-electron chi connectivity index (χ2n) is 5.20. The van der Waals surface area contributed by atoms with E-state index < -0.39 is 11.6 Å². The molecule has 0 fully saturated rings. The summed E-state index contributed by atoms with van der Waals surface area (Å²) in [7, 11) is 0. The largest absolute Gasteiger partial charge is 0.352 e. The predicted octanol–water partition coefficient (Wildman–Crippen LogP) is 4.96. The Hall–Kier alpha value is -1.95. The van der Waals surface area contributed by atoms with Crippen LogP contribution in [0.1, 0.15) is 12.5 Å². The molecule has 0 aliphatic carbocycles. The maximum atomic E-state index is 14.1. The summed E-state index contributed by atoms with van der Waals surface area (Å²) in [5.74, 6) is -1.35. The molecule has 120 valence electrons. The molecule has 3 rings (SSSR count). The van der Waals surface area contributed by atoms with Gasteiger partial charge < -0.3 is 9.80 Å². The van der Waals surface area contributed by atoms with E-state index >= 15 is 0 Å². The first-order valence-corrected chi connectivity index (χ1v) is 7.92. The molecule has 2 aromatic rings. The topological polar surface area (TPSA) is 6.48 Å². The third-order valence-corrected chi connectivity index (χ3v) is 4.41. The zero-order valence-corrected chi connectivity index (χ0v) is 13.9. The Morgan fingerprint density at radius 2 is 1.83 bits per heavy atom. The minimum absolute atomic E-state index is 0.201. The molecule has 1 heterocycles. The third kappa shape index (κ3) is 3.08. The normalized spacial score (nSPS) is 14.4. The van der Waals surface area contributed by atoms with Crippen molar-refractivity contribution in [3.63, 3.8) is 0 Å². The maximum absolute atomic E-state index is 14.1. The summed E-state index contributed by atoms with van der Waals surface area (Å²) in [6.07, 6.45) is 1.71. The Labute approximate surface area is 141 Å². The SMILES string of the molecule is CCN1CN(c2ccc(Br)c(F)c2)C=C1c1cc(F)ccc1F. The summed E-state index contributed by atoms with van der Waals surface area (Å²) in [6.45, 7) is 3.00. The van der Waals surface area contributed by atoms with Crippen molar-refractivity contribution in [2.24, 2.45) is 0 Å². The minimum Gasteiger partial charge on any atom is -0.352 e. The molecule has 0 aromatic heterocycles. The highest BCUT2D eigenvalue weighted by atomic mass is 79.9. The van der Waals surface area contributed by atoms with Crippen LogP contribution in [0.15, 0.2) is 47.1 Å². The zero-order chi connectivity index (χ0) is 16.6. The van der Waals surface area contributed by atoms with Crippen LogP contribution in [0.2, 0.25) is 0 Å². The molecule has 0 saturated carbocycles. The second kappa shape index (κ2) is 6.28. The van der Waals surface area contributed by atoms with E-state index in [1.807, 2.05) is 11.8 Å². The summed E-state index contributed by atoms with van der Waals surface area (Å²) in [4.78, 5) is 3.70. The van der Waals surface area contributed by atoms with Crippen LogP contribution in [0, 0.1) is 17.5 Å². The molecule has 0 spiro atoms. The Kier molecular flexibility index (Phi) is 4.35. The number of nitrogens with zero attached hydrogens (tertiary/aromatic N) is 2. The van der Waals surface area contributed by atoms with Gasteiger partial charge >= 0.3 is 0 Å². The van der Waals surface area contributed by atoms with Crippen molar-refractivity contribution in [2.75, 3.05) is 18.1 Å².